The number of fused-ring (bicyclic) bond motifs is 1. The Morgan fingerprint density at radius 1 is 0.842 bits per heavy atom. The van der Waals surface area contributed by atoms with Crippen molar-refractivity contribution in [3.05, 3.63) is 12.7 Å². The fraction of sp³-hybridized carbons (Fsp3) is 0.821. The van der Waals surface area contributed by atoms with E-state index in [-0.39, 0.29) is 5.66 Å². The van der Waals surface area contributed by atoms with E-state index in [4.69, 9.17) is 19.5 Å². The third kappa shape index (κ3) is 12.1. The van der Waals surface area contributed by atoms with Crippen LogP contribution in [0.4, 0.5) is 5.82 Å². The van der Waals surface area contributed by atoms with E-state index in [9.17, 15) is 4.57 Å². The average Bonchev–Trinajstić information content (AvgIpc) is 3.33. The molecule has 2 aromatic heterocycles. The SMILES string of the molecule is CCCCCCCCCCCCCCCCOCCCO[P@](=O)(OC)[C@H](C)Cn1cnc2c(N)ncnc21. The maximum atomic E-state index is 13.2. The Kier molecular flexibility index (Phi) is 16.8. The molecule has 0 aromatic carbocycles. The van der Waals surface area contributed by atoms with E-state index in [0.29, 0.717) is 43.2 Å². The van der Waals surface area contributed by atoms with Crippen LogP contribution in [-0.4, -0.2) is 52.1 Å². The molecular weight excluding hydrogens is 501 g/mol. The van der Waals surface area contributed by atoms with Crippen LogP contribution in [0.15, 0.2) is 12.7 Å². The number of hydrogen-bond donors (Lipinski definition) is 1. The van der Waals surface area contributed by atoms with Crippen LogP contribution in [0.2, 0.25) is 0 Å². The molecule has 0 spiro atoms. The number of anilines is 1. The first-order valence-corrected chi connectivity index (χ1v) is 16.4. The van der Waals surface area contributed by atoms with Gasteiger partial charge in [0.05, 0.1) is 18.6 Å². The molecule has 10 heteroatoms. The van der Waals surface area contributed by atoms with Gasteiger partial charge in [-0.1, -0.05) is 90.4 Å². The number of unbranched alkanes of at least 4 members (excludes halogenated alkanes) is 13. The molecule has 38 heavy (non-hydrogen) atoms. The minimum absolute atomic E-state index is 0.321. The van der Waals surface area contributed by atoms with E-state index >= 15 is 0 Å². The van der Waals surface area contributed by atoms with Crippen molar-refractivity contribution in [2.75, 3.05) is 32.7 Å². The van der Waals surface area contributed by atoms with Crippen LogP contribution in [0.1, 0.15) is 110 Å². The van der Waals surface area contributed by atoms with Crippen LogP contribution in [0, 0.1) is 0 Å². The highest BCUT2D eigenvalue weighted by atomic mass is 31.2. The second-order valence-electron chi connectivity index (χ2n) is 10.3. The first kappa shape index (κ1) is 32.7. The smallest absolute Gasteiger partial charge is 0.334 e. The lowest BCUT2D eigenvalue weighted by Gasteiger charge is -2.23. The Balaban J connectivity index is 1.45. The molecule has 0 aliphatic heterocycles. The monoisotopic (exact) mass is 553 g/mol. The first-order valence-electron chi connectivity index (χ1n) is 14.8. The summed E-state index contributed by atoms with van der Waals surface area (Å²) in [5.74, 6) is 0.321. The highest BCUT2D eigenvalue weighted by molar-refractivity contribution is 7.54. The third-order valence-electron chi connectivity index (χ3n) is 7.03. The molecule has 2 heterocycles. The first-order chi connectivity index (χ1) is 18.5. The van der Waals surface area contributed by atoms with Crippen molar-refractivity contribution in [2.24, 2.45) is 0 Å². The summed E-state index contributed by atoms with van der Waals surface area (Å²) in [5, 5.41) is 0. The van der Waals surface area contributed by atoms with Gasteiger partial charge in [-0.05, 0) is 19.8 Å². The molecule has 0 bridgehead atoms. The van der Waals surface area contributed by atoms with E-state index in [1.807, 2.05) is 6.92 Å². The molecule has 2 atom stereocenters. The number of aromatic nitrogens is 4. The largest absolute Gasteiger partial charge is 0.382 e. The van der Waals surface area contributed by atoms with Crippen molar-refractivity contribution in [1.82, 2.24) is 19.5 Å². The Hall–Kier alpha value is -1.54. The van der Waals surface area contributed by atoms with Crippen LogP contribution < -0.4 is 5.73 Å². The highest BCUT2D eigenvalue weighted by Gasteiger charge is 2.32. The van der Waals surface area contributed by atoms with Crippen molar-refractivity contribution in [3.63, 3.8) is 0 Å². The molecule has 0 aliphatic carbocycles. The van der Waals surface area contributed by atoms with Gasteiger partial charge in [0.25, 0.3) is 0 Å². The van der Waals surface area contributed by atoms with Gasteiger partial charge in [0.15, 0.2) is 11.5 Å². The summed E-state index contributed by atoms with van der Waals surface area (Å²) >= 11 is 0. The van der Waals surface area contributed by atoms with E-state index in [1.54, 1.807) is 10.9 Å². The molecule has 0 aliphatic rings. The topological polar surface area (TPSA) is 114 Å². The summed E-state index contributed by atoms with van der Waals surface area (Å²) in [4.78, 5) is 12.5. The molecule has 2 rings (SSSR count). The highest BCUT2D eigenvalue weighted by Crippen LogP contribution is 2.53. The lowest BCUT2D eigenvalue weighted by Crippen LogP contribution is -2.16. The van der Waals surface area contributed by atoms with Crippen LogP contribution in [0.5, 0.6) is 0 Å². The zero-order valence-corrected chi connectivity index (χ0v) is 25.0. The lowest BCUT2D eigenvalue weighted by molar-refractivity contribution is 0.112. The van der Waals surface area contributed by atoms with Crippen LogP contribution in [0.3, 0.4) is 0 Å². The molecule has 0 unspecified atom stereocenters. The minimum atomic E-state index is -3.29. The average molecular weight is 554 g/mol. The predicted octanol–water partition coefficient (Wildman–Crippen LogP) is 7.54. The third-order valence-corrected chi connectivity index (χ3v) is 9.33. The summed E-state index contributed by atoms with van der Waals surface area (Å²) in [5.41, 5.74) is 6.61. The van der Waals surface area contributed by atoms with Gasteiger partial charge in [0, 0.05) is 26.9 Å². The second kappa shape index (κ2) is 19.5. The molecule has 218 valence electrons. The summed E-state index contributed by atoms with van der Waals surface area (Å²) < 4.78 is 31.8. The van der Waals surface area contributed by atoms with Crippen LogP contribution in [0.25, 0.3) is 11.2 Å². The number of nitrogen functional groups attached to an aromatic ring is 1. The quantitative estimate of drug-likeness (QED) is 0.105. The molecule has 2 N–H and O–H groups in total. The van der Waals surface area contributed by atoms with Gasteiger partial charge in [-0.2, -0.15) is 0 Å². The normalized spacial score (nSPS) is 14.2. The molecule has 0 saturated carbocycles. The van der Waals surface area contributed by atoms with Gasteiger partial charge >= 0.3 is 7.60 Å². The number of hydrogen-bond acceptors (Lipinski definition) is 8. The summed E-state index contributed by atoms with van der Waals surface area (Å²) in [6.45, 7) is 6.19. The van der Waals surface area contributed by atoms with Crippen LogP contribution in [-0.2, 0) is 24.9 Å². The molecule has 0 radical (unpaired) electrons. The summed E-state index contributed by atoms with van der Waals surface area (Å²) in [7, 11) is -1.87. The Bertz CT molecular complexity index is 926. The lowest BCUT2D eigenvalue weighted by atomic mass is 10.0. The maximum Gasteiger partial charge on any atom is 0.334 e. The Morgan fingerprint density at radius 3 is 2.03 bits per heavy atom. The summed E-state index contributed by atoms with van der Waals surface area (Å²) in [6, 6.07) is 0. The predicted molar refractivity (Wildman–Crippen MR) is 156 cm³/mol. The molecule has 9 nitrogen and oxygen atoms in total. The number of nitrogens with zero attached hydrogens (tertiary/aromatic N) is 4. The zero-order chi connectivity index (χ0) is 27.5. The molecule has 0 saturated heterocycles. The van der Waals surface area contributed by atoms with Gasteiger partial charge in [-0.15, -0.1) is 0 Å². The standard InChI is InChI=1S/C28H52N5O4P/c1-4-5-6-7-8-9-10-11-12-13-14-15-16-17-19-36-20-18-21-37-38(34,35-3)25(2)22-33-24-32-26-27(29)30-23-31-28(26)33/h23-25H,4-22H2,1-3H3,(H2,29,30,31)/t25-,38-/m1/s1. The van der Waals surface area contributed by atoms with Gasteiger partial charge in [-0.3, -0.25) is 4.57 Å². The van der Waals surface area contributed by atoms with Crippen molar-refractivity contribution >= 4 is 24.6 Å². The van der Waals surface area contributed by atoms with E-state index in [0.717, 1.165) is 13.0 Å². The molecular formula is C28H52N5O4P. The van der Waals surface area contributed by atoms with Crippen molar-refractivity contribution in [2.45, 2.75) is 122 Å². The van der Waals surface area contributed by atoms with E-state index < -0.39 is 7.60 Å². The van der Waals surface area contributed by atoms with Gasteiger partial charge in [-0.25, -0.2) is 15.0 Å². The molecule has 0 fully saturated rings. The molecule has 2 aromatic rings. The van der Waals surface area contributed by atoms with Gasteiger partial charge in [0.1, 0.15) is 11.8 Å². The maximum absolute atomic E-state index is 13.2. The number of nitrogens with two attached hydrogens (primary N) is 1. The Labute approximate surface area is 230 Å². The fourth-order valence-corrected chi connectivity index (χ4v) is 6.11. The number of rotatable bonds is 24. The van der Waals surface area contributed by atoms with Crippen LogP contribution >= 0.6 is 7.60 Å². The second-order valence-corrected chi connectivity index (χ2v) is 12.9. The van der Waals surface area contributed by atoms with Gasteiger partial charge < -0.3 is 24.1 Å². The van der Waals surface area contributed by atoms with Crippen molar-refractivity contribution in [1.29, 1.82) is 0 Å². The fourth-order valence-electron chi connectivity index (χ4n) is 4.63. The molecule has 0 amide bonds. The van der Waals surface area contributed by atoms with E-state index in [1.165, 1.54) is 96.9 Å². The number of ether oxygens (including phenoxy) is 1. The minimum Gasteiger partial charge on any atom is -0.382 e. The Morgan fingerprint density at radius 2 is 1.42 bits per heavy atom. The van der Waals surface area contributed by atoms with Crippen molar-refractivity contribution < 1.29 is 18.3 Å². The number of imidazole rings is 1. The van der Waals surface area contributed by atoms with Gasteiger partial charge in [0.2, 0.25) is 0 Å². The van der Waals surface area contributed by atoms with Crippen molar-refractivity contribution in [3.8, 4) is 0 Å². The van der Waals surface area contributed by atoms with E-state index in [2.05, 4.69) is 21.9 Å². The zero-order valence-electron chi connectivity index (χ0n) is 24.1. The summed E-state index contributed by atoms with van der Waals surface area (Å²) in [6.07, 6.45) is 22.6.